The number of nitrogens with zero attached hydrogens (tertiary/aromatic N) is 6. The standard InChI is InChI=1S/C4H4N6O/c1-10-2-3(6-9-10)4(11)7-8-5/h2H,1H3. The molecular weight excluding hydrogens is 148 g/mol. The van der Waals surface area contributed by atoms with Gasteiger partial charge < -0.3 is 0 Å². The highest BCUT2D eigenvalue weighted by atomic mass is 16.2. The predicted octanol–water partition coefficient (Wildman–Crippen LogP) is 0.266. The van der Waals surface area contributed by atoms with Crippen molar-refractivity contribution in [3.63, 3.8) is 0 Å². The van der Waals surface area contributed by atoms with Crippen molar-refractivity contribution in [3.05, 3.63) is 22.3 Å². The number of aromatic nitrogens is 3. The van der Waals surface area contributed by atoms with Gasteiger partial charge in [-0.15, -0.1) is 5.10 Å². The number of hydrogen-bond acceptors (Lipinski definition) is 3. The van der Waals surface area contributed by atoms with Crippen LogP contribution in [0.2, 0.25) is 0 Å². The monoisotopic (exact) mass is 152 g/mol. The Balaban J connectivity index is 2.93. The third kappa shape index (κ3) is 1.53. The maximum Gasteiger partial charge on any atom is 0.270 e. The van der Waals surface area contributed by atoms with Crippen molar-refractivity contribution >= 4 is 5.91 Å². The van der Waals surface area contributed by atoms with E-state index in [9.17, 15) is 4.79 Å². The van der Waals surface area contributed by atoms with E-state index in [-0.39, 0.29) is 5.69 Å². The van der Waals surface area contributed by atoms with Crippen molar-refractivity contribution in [3.8, 4) is 0 Å². The Labute approximate surface area is 61.3 Å². The Hall–Kier alpha value is -1.88. The minimum absolute atomic E-state index is 0.0466. The first kappa shape index (κ1) is 7.23. The molecule has 1 aromatic heterocycles. The molecule has 0 bridgehead atoms. The van der Waals surface area contributed by atoms with Crippen LogP contribution in [0.25, 0.3) is 10.4 Å². The maximum atomic E-state index is 10.7. The number of carbonyl (C=O) groups is 1. The van der Waals surface area contributed by atoms with Gasteiger partial charge in [-0.25, -0.2) is 0 Å². The molecule has 0 unspecified atom stereocenters. The number of rotatable bonds is 1. The highest BCUT2D eigenvalue weighted by Gasteiger charge is 2.05. The molecule has 0 radical (unpaired) electrons. The van der Waals surface area contributed by atoms with Crippen LogP contribution in [-0.4, -0.2) is 20.9 Å². The summed E-state index contributed by atoms with van der Waals surface area (Å²) in [7, 11) is 1.61. The molecule has 1 aromatic rings. The molecule has 11 heavy (non-hydrogen) atoms. The summed E-state index contributed by atoms with van der Waals surface area (Å²) in [5.41, 5.74) is 7.93. The van der Waals surface area contributed by atoms with Gasteiger partial charge in [0.1, 0.15) is 0 Å². The molecule has 1 rings (SSSR count). The molecular formula is C4H4N6O. The first-order valence-electron chi connectivity index (χ1n) is 2.70. The number of aryl methyl sites for hydroxylation is 1. The van der Waals surface area contributed by atoms with E-state index in [4.69, 9.17) is 5.53 Å². The lowest BCUT2D eigenvalue weighted by molar-refractivity contribution is 0.0995. The zero-order valence-corrected chi connectivity index (χ0v) is 5.67. The summed E-state index contributed by atoms with van der Waals surface area (Å²) >= 11 is 0. The zero-order chi connectivity index (χ0) is 8.27. The summed E-state index contributed by atoms with van der Waals surface area (Å²) in [6.45, 7) is 0. The molecule has 0 spiro atoms. The fourth-order valence-corrected chi connectivity index (χ4v) is 0.537. The van der Waals surface area contributed by atoms with E-state index in [2.05, 4.69) is 20.3 Å². The second-order valence-corrected chi connectivity index (χ2v) is 1.77. The van der Waals surface area contributed by atoms with Crippen LogP contribution in [0.3, 0.4) is 0 Å². The summed E-state index contributed by atoms with van der Waals surface area (Å²) in [4.78, 5) is 13.0. The van der Waals surface area contributed by atoms with Gasteiger partial charge in [0.2, 0.25) is 0 Å². The fourth-order valence-electron chi connectivity index (χ4n) is 0.537. The smallest absolute Gasteiger partial charge is 0.270 e. The van der Waals surface area contributed by atoms with Crippen molar-refractivity contribution in [1.82, 2.24) is 15.0 Å². The van der Waals surface area contributed by atoms with Gasteiger partial charge in [-0.1, -0.05) is 5.21 Å². The Kier molecular flexibility index (Phi) is 1.84. The lowest BCUT2D eigenvalue weighted by Gasteiger charge is -1.79. The lowest BCUT2D eigenvalue weighted by atomic mass is 10.5. The molecule has 0 aliphatic carbocycles. The summed E-state index contributed by atoms with van der Waals surface area (Å²) < 4.78 is 1.35. The minimum Gasteiger partial charge on any atom is -0.285 e. The van der Waals surface area contributed by atoms with Gasteiger partial charge in [0, 0.05) is 12.0 Å². The molecule has 0 N–H and O–H groups in total. The van der Waals surface area contributed by atoms with Crippen LogP contribution in [0, 0.1) is 0 Å². The van der Waals surface area contributed by atoms with Gasteiger partial charge in [0.15, 0.2) is 5.69 Å². The van der Waals surface area contributed by atoms with Crippen LogP contribution in [0.5, 0.6) is 0 Å². The molecule has 0 saturated carbocycles. The highest BCUT2D eigenvalue weighted by Crippen LogP contribution is 1.93. The van der Waals surface area contributed by atoms with Gasteiger partial charge in [-0.05, 0) is 10.6 Å². The normalized spacial score (nSPS) is 8.82. The summed E-state index contributed by atoms with van der Waals surface area (Å²) in [6.07, 6.45) is 1.37. The first-order valence-corrected chi connectivity index (χ1v) is 2.70. The molecule has 0 saturated heterocycles. The zero-order valence-electron chi connectivity index (χ0n) is 5.67. The third-order valence-electron chi connectivity index (χ3n) is 0.957. The van der Waals surface area contributed by atoms with E-state index in [0.29, 0.717) is 0 Å². The van der Waals surface area contributed by atoms with Gasteiger partial charge in [-0.2, -0.15) is 0 Å². The molecule has 0 aromatic carbocycles. The average molecular weight is 152 g/mol. The SMILES string of the molecule is Cn1cc(C(=O)N=[N+]=[N-])nn1. The molecule has 7 nitrogen and oxygen atoms in total. The first-order chi connectivity index (χ1) is 5.24. The molecule has 0 fully saturated rings. The second kappa shape index (κ2) is 2.80. The van der Waals surface area contributed by atoms with E-state index in [1.165, 1.54) is 10.9 Å². The van der Waals surface area contributed by atoms with E-state index in [0.717, 1.165) is 0 Å². The van der Waals surface area contributed by atoms with Crippen LogP contribution in [0.15, 0.2) is 11.3 Å². The molecule has 0 aliphatic heterocycles. The Morgan fingerprint density at radius 2 is 2.64 bits per heavy atom. The van der Waals surface area contributed by atoms with Gasteiger partial charge in [-0.3, -0.25) is 9.48 Å². The van der Waals surface area contributed by atoms with Crippen LogP contribution in [0.4, 0.5) is 0 Å². The van der Waals surface area contributed by atoms with E-state index >= 15 is 0 Å². The quantitative estimate of drug-likeness (QED) is 0.328. The van der Waals surface area contributed by atoms with Crippen LogP contribution in [-0.2, 0) is 7.05 Å². The minimum atomic E-state index is -0.722. The Morgan fingerprint density at radius 3 is 3.09 bits per heavy atom. The summed E-state index contributed by atoms with van der Waals surface area (Å²) in [5.74, 6) is -0.722. The van der Waals surface area contributed by atoms with Gasteiger partial charge in [0.05, 0.1) is 6.20 Å². The van der Waals surface area contributed by atoms with Crippen LogP contribution < -0.4 is 0 Å². The van der Waals surface area contributed by atoms with E-state index < -0.39 is 5.91 Å². The fraction of sp³-hybridized carbons (Fsp3) is 0.250. The van der Waals surface area contributed by atoms with Crippen molar-refractivity contribution < 1.29 is 4.79 Å². The second-order valence-electron chi connectivity index (χ2n) is 1.77. The van der Waals surface area contributed by atoms with Crippen molar-refractivity contribution in [2.75, 3.05) is 0 Å². The molecule has 0 atom stereocenters. The summed E-state index contributed by atoms with van der Waals surface area (Å²) in [5, 5.41) is 9.75. The Bertz CT molecular complexity index is 321. The van der Waals surface area contributed by atoms with Crippen molar-refractivity contribution in [2.45, 2.75) is 0 Å². The average Bonchev–Trinajstić information content (AvgIpc) is 2.36. The van der Waals surface area contributed by atoms with Crippen LogP contribution in [0.1, 0.15) is 10.5 Å². The van der Waals surface area contributed by atoms with E-state index in [1.54, 1.807) is 7.05 Å². The maximum absolute atomic E-state index is 10.7. The van der Waals surface area contributed by atoms with E-state index in [1.807, 2.05) is 0 Å². The third-order valence-corrected chi connectivity index (χ3v) is 0.957. The summed E-state index contributed by atoms with van der Waals surface area (Å²) in [6, 6.07) is 0. The molecule has 1 amide bonds. The lowest BCUT2D eigenvalue weighted by Crippen LogP contribution is -1.92. The molecule has 1 heterocycles. The van der Waals surface area contributed by atoms with Gasteiger partial charge >= 0.3 is 0 Å². The largest absolute Gasteiger partial charge is 0.285 e. The molecule has 56 valence electrons. The number of hydrogen-bond donors (Lipinski definition) is 0. The molecule has 7 heteroatoms. The van der Waals surface area contributed by atoms with Crippen molar-refractivity contribution in [2.24, 2.45) is 12.2 Å². The predicted molar refractivity (Wildman–Crippen MR) is 34.5 cm³/mol. The van der Waals surface area contributed by atoms with Crippen LogP contribution >= 0.6 is 0 Å². The Morgan fingerprint density at radius 1 is 1.91 bits per heavy atom. The topological polar surface area (TPSA) is 96.5 Å². The van der Waals surface area contributed by atoms with Crippen molar-refractivity contribution in [1.29, 1.82) is 0 Å². The van der Waals surface area contributed by atoms with Gasteiger partial charge in [0.25, 0.3) is 5.91 Å². The number of azide groups is 1. The number of amides is 1. The highest BCUT2D eigenvalue weighted by molar-refractivity contribution is 5.92. The molecule has 0 aliphatic rings. The number of carbonyl (C=O) groups excluding carboxylic acids is 1.